The van der Waals surface area contributed by atoms with E-state index in [0.29, 0.717) is 12.0 Å². The van der Waals surface area contributed by atoms with E-state index >= 15 is 0 Å². The highest BCUT2D eigenvalue weighted by Crippen LogP contribution is 2.35. The molecule has 2 N–H and O–H groups in total. The third kappa shape index (κ3) is 6.01. The fourth-order valence-corrected chi connectivity index (χ4v) is 2.96. The number of halogens is 3. The van der Waals surface area contributed by atoms with Crippen molar-refractivity contribution in [1.29, 1.82) is 0 Å². The molecule has 1 aromatic carbocycles. The summed E-state index contributed by atoms with van der Waals surface area (Å²) in [6, 6.07) is 5.34. The van der Waals surface area contributed by atoms with Crippen molar-refractivity contribution in [3.05, 3.63) is 29.8 Å². The first-order valence-electron chi connectivity index (χ1n) is 8.54. The second-order valence-electron chi connectivity index (χ2n) is 6.97. The van der Waals surface area contributed by atoms with Gasteiger partial charge in [-0.15, -0.1) is 0 Å². The van der Waals surface area contributed by atoms with Gasteiger partial charge < -0.3 is 15.5 Å². The van der Waals surface area contributed by atoms with Gasteiger partial charge in [0, 0.05) is 25.0 Å². The van der Waals surface area contributed by atoms with E-state index in [-0.39, 0.29) is 18.2 Å². The normalized spacial score (nSPS) is 17.4. The molecule has 1 fully saturated rings. The minimum Gasteiger partial charge on any atom is -0.325 e. The zero-order valence-electron chi connectivity index (χ0n) is 14.9. The van der Waals surface area contributed by atoms with E-state index in [1.54, 1.807) is 0 Å². The number of benzene rings is 1. The molecule has 0 bridgehead atoms. The fraction of sp³-hybridized carbons (Fsp3) is 0.611. The molecule has 0 radical (unpaired) electrons. The minimum atomic E-state index is -4.49. The number of nitrogens with zero attached hydrogens (tertiary/aromatic N) is 1. The number of hydrogen-bond acceptors (Lipinski definition) is 3. The molecule has 1 saturated carbocycles. The lowest BCUT2D eigenvalue weighted by molar-refractivity contribution is -0.137. The summed E-state index contributed by atoms with van der Waals surface area (Å²) in [5.41, 5.74) is -1.03. The van der Waals surface area contributed by atoms with E-state index in [1.807, 2.05) is 21.0 Å². The molecular formula is C18H26F3N3O. The average Bonchev–Trinajstić information content (AvgIpc) is 3.31. The van der Waals surface area contributed by atoms with Gasteiger partial charge in [0.1, 0.15) is 0 Å². The van der Waals surface area contributed by atoms with E-state index in [2.05, 4.69) is 15.5 Å². The number of amides is 1. The summed E-state index contributed by atoms with van der Waals surface area (Å²) < 4.78 is 38.9. The van der Waals surface area contributed by atoms with Crippen molar-refractivity contribution in [1.82, 2.24) is 10.2 Å². The zero-order valence-corrected chi connectivity index (χ0v) is 14.9. The first kappa shape index (κ1) is 19.7. The van der Waals surface area contributed by atoms with Gasteiger partial charge in [-0.2, -0.15) is 13.2 Å². The molecule has 2 rings (SSSR count). The molecule has 1 amide bonds. The van der Waals surface area contributed by atoms with Gasteiger partial charge in [-0.05, 0) is 51.9 Å². The molecule has 0 aromatic heterocycles. The van der Waals surface area contributed by atoms with Gasteiger partial charge >= 0.3 is 6.18 Å². The Morgan fingerprint density at radius 1 is 1.28 bits per heavy atom. The molecule has 1 aliphatic carbocycles. The Morgan fingerprint density at radius 3 is 2.48 bits per heavy atom. The predicted octanol–water partition coefficient (Wildman–Crippen LogP) is 3.35. The van der Waals surface area contributed by atoms with Crippen LogP contribution in [0.25, 0.3) is 0 Å². The second kappa shape index (κ2) is 8.19. The van der Waals surface area contributed by atoms with E-state index < -0.39 is 17.6 Å². The Hall–Kier alpha value is -1.60. The average molecular weight is 357 g/mol. The molecule has 7 heteroatoms. The maximum atomic E-state index is 13.0. The molecular weight excluding hydrogens is 331 g/mol. The zero-order chi connectivity index (χ0) is 18.6. The summed E-state index contributed by atoms with van der Waals surface area (Å²) in [6.45, 7) is 2.64. The van der Waals surface area contributed by atoms with Crippen LogP contribution in [0.3, 0.4) is 0 Å². The maximum Gasteiger partial charge on any atom is 0.418 e. The van der Waals surface area contributed by atoms with Crippen molar-refractivity contribution in [2.24, 2.45) is 5.92 Å². The predicted molar refractivity (Wildman–Crippen MR) is 92.4 cm³/mol. The number of para-hydroxylation sites is 1. The van der Waals surface area contributed by atoms with Crippen LogP contribution in [0.5, 0.6) is 0 Å². The molecule has 25 heavy (non-hydrogen) atoms. The highest BCUT2D eigenvalue weighted by molar-refractivity contribution is 5.92. The van der Waals surface area contributed by atoms with Crippen LogP contribution in [0.4, 0.5) is 18.9 Å². The van der Waals surface area contributed by atoms with Gasteiger partial charge in [0.2, 0.25) is 5.91 Å². The number of alkyl halides is 3. The minimum absolute atomic E-state index is 0.112. The standard InChI is InChI=1S/C18H26F3N3O/c1-12(22-11-16(24(2)3)13-8-9-13)10-17(25)23-15-7-5-4-6-14(15)18(19,20)21/h4-7,12-13,16,22H,8-11H2,1-3H3,(H,23,25). The molecule has 1 aliphatic rings. The van der Waals surface area contributed by atoms with Crippen LogP contribution in [0.1, 0.15) is 31.7 Å². The third-order valence-electron chi connectivity index (χ3n) is 4.50. The lowest BCUT2D eigenvalue weighted by atomic mass is 10.1. The van der Waals surface area contributed by atoms with Crippen molar-refractivity contribution in [3.8, 4) is 0 Å². The van der Waals surface area contributed by atoms with Crippen LogP contribution < -0.4 is 10.6 Å². The molecule has 0 spiro atoms. The number of rotatable bonds is 8. The van der Waals surface area contributed by atoms with Crippen molar-refractivity contribution < 1.29 is 18.0 Å². The van der Waals surface area contributed by atoms with Gasteiger partial charge in [0.05, 0.1) is 11.3 Å². The molecule has 2 atom stereocenters. The number of carbonyl (C=O) groups is 1. The van der Waals surface area contributed by atoms with Crippen LogP contribution in [0.2, 0.25) is 0 Å². The summed E-state index contributed by atoms with van der Waals surface area (Å²) in [7, 11) is 4.08. The Bertz CT molecular complexity index is 583. The van der Waals surface area contributed by atoms with Crippen LogP contribution in [-0.2, 0) is 11.0 Å². The lowest BCUT2D eigenvalue weighted by Gasteiger charge is -2.26. The van der Waals surface area contributed by atoms with Gasteiger partial charge in [-0.1, -0.05) is 12.1 Å². The summed E-state index contributed by atoms with van der Waals surface area (Å²) in [4.78, 5) is 14.3. The Kier molecular flexibility index (Phi) is 6.46. The first-order chi connectivity index (χ1) is 11.7. The van der Waals surface area contributed by atoms with Gasteiger partial charge in [-0.3, -0.25) is 4.79 Å². The second-order valence-corrected chi connectivity index (χ2v) is 6.97. The summed E-state index contributed by atoms with van der Waals surface area (Å²) in [6.07, 6.45) is -1.91. The Morgan fingerprint density at radius 2 is 1.92 bits per heavy atom. The molecule has 1 aromatic rings. The number of anilines is 1. The summed E-state index contributed by atoms with van der Waals surface area (Å²) in [5, 5.41) is 5.71. The fourth-order valence-electron chi connectivity index (χ4n) is 2.96. The SMILES string of the molecule is CC(CC(=O)Nc1ccccc1C(F)(F)F)NCC(C1CC1)N(C)C. The van der Waals surface area contributed by atoms with Gasteiger partial charge in [0.15, 0.2) is 0 Å². The largest absolute Gasteiger partial charge is 0.418 e. The van der Waals surface area contributed by atoms with E-state index in [9.17, 15) is 18.0 Å². The van der Waals surface area contributed by atoms with Crippen LogP contribution >= 0.6 is 0 Å². The van der Waals surface area contributed by atoms with Crippen molar-refractivity contribution in [3.63, 3.8) is 0 Å². The number of carbonyl (C=O) groups excluding carboxylic acids is 1. The molecule has 140 valence electrons. The van der Waals surface area contributed by atoms with E-state index in [1.165, 1.54) is 31.0 Å². The topological polar surface area (TPSA) is 44.4 Å². The Balaban J connectivity index is 1.86. The van der Waals surface area contributed by atoms with Gasteiger partial charge in [-0.25, -0.2) is 0 Å². The smallest absolute Gasteiger partial charge is 0.325 e. The summed E-state index contributed by atoms with van der Waals surface area (Å²) >= 11 is 0. The van der Waals surface area contributed by atoms with Crippen molar-refractivity contribution in [2.45, 2.75) is 44.4 Å². The van der Waals surface area contributed by atoms with Crippen LogP contribution in [0.15, 0.2) is 24.3 Å². The lowest BCUT2D eigenvalue weighted by Crippen LogP contribution is -2.43. The highest BCUT2D eigenvalue weighted by Gasteiger charge is 2.34. The van der Waals surface area contributed by atoms with Crippen molar-refractivity contribution >= 4 is 11.6 Å². The molecule has 4 nitrogen and oxygen atoms in total. The monoisotopic (exact) mass is 357 g/mol. The van der Waals surface area contributed by atoms with Gasteiger partial charge in [0.25, 0.3) is 0 Å². The van der Waals surface area contributed by atoms with Crippen LogP contribution in [0, 0.1) is 5.92 Å². The summed E-state index contributed by atoms with van der Waals surface area (Å²) in [5.74, 6) is 0.270. The molecule has 2 unspecified atom stereocenters. The number of hydrogen-bond donors (Lipinski definition) is 2. The first-order valence-corrected chi connectivity index (χ1v) is 8.54. The van der Waals surface area contributed by atoms with Crippen LogP contribution in [-0.4, -0.2) is 43.5 Å². The highest BCUT2D eigenvalue weighted by atomic mass is 19.4. The maximum absolute atomic E-state index is 13.0. The third-order valence-corrected chi connectivity index (χ3v) is 4.50. The number of nitrogens with one attached hydrogen (secondary N) is 2. The Labute approximate surface area is 146 Å². The molecule has 0 heterocycles. The molecule has 0 aliphatic heterocycles. The van der Waals surface area contributed by atoms with Crippen molar-refractivity contribution in [2.75, 3.05) is 26.0 Å². The van der Waals surface area contributed by atoms with E-state index in [0.717, 1.165) is 12.6 Å². The van der Waals surface area contributed by atoms with E-state index in [4.69, 9.17) is 0 Å². The molecule has 0 saturated heterocycles. The number of likely N-dealkylation sites (N-methyl/N-ethyl adjacent to an activating group) is 1. The quantitative estimate of drug-likeness (QED) is 0.750.